The molecule has 0 bridgehead atoms. The van der Waals surface area contributed by atoms with Gasteiger partial charge in [-0.1, -0.05) is 4.68 Å². The van der Waals surface area contributed by atoms with Crippen molar-refractivity contribution in [3.05, 3.63) is 69.6 Å². The third kappa shape index (κ3) is 3.56. The highest BCUT2D eigenvalue weighted by Crippen LogP contribution is 2.15. The summed E-state index contributed by atoms with van der Waals surface area (Å²) < 4.78 is 19.7. The van der Waals surface area contributed by atoms with Crippen LogP contribution in [0.15, 0.2) is 45.6 Å². The molecule has 7 heteroatoms. The topological polar surface area (TPSA) is 64.1 Å². The van der Waals surface area contributed by atoms with Crippen molar-refractivity contribution < 1.29 is 35.3 Å². The normalized spacial score (nSPS) is 10.5. The first kappa shape index (κ1) is 17.9. The van der Waals surface area contributed by atoms with Crippen LogP contribution in [-0.2, 0) is 6.54 Å². The molecule has 0 aliphatic carbocycles. The first-order chi connectivity index (χ1) is 10.9. The smallest absolute Gasteiger partial charge is 0.347 e. The van der Waals surface area contributed by atoms with Crippen LogP contribution in [0.3, 0.4) is 0 Å². The second-order valence-corrected chi connectivity index (χ2v) is 5.33. The first-order valence-corrected chi connectivity index (χ1v) is 7.05. The molecule has 1 aromatic carbocycles. The van der Waals surface area contributed by atoms with E-state index in [-0.39, 0.29) is 34.7 Å². The number of carbonyl (C=O) groups excluding carboxylic acids is 1. The number of nitrogens with zero attached hydrogens (tertiary/aromatic N) is 2. The van der Waals surface area contributed by atoms with Crippen molar-refractivity contribution in [3.63, 3.8) is 0 Å². The Balaban J connectivity index is 0.00000208. The largest absolute Gasteiger partial charge is 1.00 e. The summed E-state index contributed by atoms with van der Waals surface area (Å²) in [5.41, 5.74) is 0.836. The summed E-state index contributed by atoms with van der Waals surface area (Å²) >= 11 is 0. The third-order valence-electron chi connectivity index (χ3n) is 3.54. The van der Waals surface area contributed by atoms with Gasteiger partial charge in [-0.3, -0.25) is 4.79 Å². The fraction of sp³-hybridized carbons (Fsp3) is 0.176. The summed E-state index contributed by atoms with van der Waals surface area (Å²) in [5.74, 6) is -0.911. The van der Waals surface area contributed by atoms with Crippen LogP contribution >= 0.6 is 0 Å². The highest BCUT2D eigenvalue weighted by molar-refractivity contribution is 5.97. The van der Waals surface area contributed by atoms with E-state index in [0.29, 0.717) is 5.39 Å². The average molecular weight is 393 g/mol. The van der Waals surface area contributed by atoms with E-state index in [1.165, 1.54) is 22.9 Å². The van der Waals surface area contributed by atoms with E-state index in [0.717, 1.165) is 17.5 Å². The molecule has 0 N–H and O–H groups in total. The number of aromatic nitrogens is 2. The maximum Gasteiger partial charge on any atom is 0.347 e. The maximum atomic E-state index is 13.2. The fourth-order valence-electron chi connectivity index (χ4n) is 2.29. The minimum Gasteiger partial charge on any atom is -1.00 e. The van der Waals surface area contributed by atoms with Gasteiger partial charge >= 0.3 is 5.63 Å². The highest BCUT2D eigenvalue weighted by atomic mass is 79.9. The van der Waals surface area contributed by atoms with E-state index in [1.54, 1.807) is 0 Å². The van der Waals surface area contributed by atoms with Crippen LogP contribution < -0.4 is 27.3 Å². The quantitative estimate of drug-likeness (QED) is 0.330. The van der Waals surface area contributed by atoms with E-state index < -0.39 is 17.2 Å². The molecule has 0 atom stereocenters. The number of benzene rings is 1. The summed E-state index contributed by atoms with van der Waals surface area (Å²) in [6, 6.07) is 8.95. The number of fused-ring (bicyclic) bond motifs is 1. The molecule has 0 spiro atoms. The molecule has 0 unspecified atom stereocenters. The molecule has 2 heterocycles. The number of aryl methyl sites for hydroxylation is 2. The van der Waals surface area contributed by atoms with Crippen LogP contribution in [0.5, 0.6) is 0 Å². The van der Waals surface area contributed by atoms with Crippen LogP contribution in [0.4, 0.5) is 4.39 Å². The lowest BCUT2D eigenvalue weighted by atomic mass is 10.1. The van der Waals surface area contributed by atoms with Crippen LogP contribution in [0.25, 0.3) is 11.0 Å². The monoisotopic (exact) mass is 392 g/mol. The minimum absolute atomic E-state index is 0. The van der Waals surface area contributed by atoms with Gasteiger partial charge in [0.1, 0.15) is 22.7 Å². The predicted octanol–water partition coefficient (Wildman–Crippen LogP) is -0.882. The molecule has 0 aliphatic rings. The minimum atomic E-state index is -0.779. The summed E-state index contributed by atoms with van der Waals surface area (Å²) in [6.07, 6.45) is 0. The number of hydrogen-bond acceptors (Lipinski definition) is 4. The van der Waals surface area contributed by atoms with Crippen LogP contribution in [-0.4, -0.2) is 10.9 Å². The van der Waals surface area contributed by atoms with Crippen molar-refractivity contribution in [3.8, 4) is 0 Å². The number of Topliss-reactive ketones (excluding diaryl/α,β-unsaturated/α-hetero) is 1. The van der Waals surface area contributed by atoms with Gasteiger partial charge in [-0.2, -0.15) is 0 Å². The number of halogens is 2. The van der Waals surface area contributed by atoms with Crippen molar-refractivity contribution in [2.75, 3.05) is 0 Å². The molecule has 5 nitrogen and oxygen atoms in total. The van der Waals surface area contributed by atoms with E-state index in [4.69, 9.17) is 4.42 Å². The second kappa shape index (κ2) is 7.00. The van der Waals surface area contributed by atoms with Gasteiger partial charge in [0.2, 0.25) is 18.0 Å². The van der Waals surface area contributed by atoms with E-state index >= 15 is 0 Å². The van der Waals surface area contributed by atoms with Gasteiger partial charge in [0, 0.05) is 24.4 Å². The Labute approximate surface area is 147 Å². The van der Waals surface area contributed by atoms with Gasteiger partial charge in [0.25, 0.3) is 0 Å². The zero-order valence-electron chi connectivity index (χ0n) is 13.0. The van der Waals surface area contributed by atoms with Crippen LogP contribution in [0.2, 0.25) is 0 Å². The lowest BCUT2D eigenvalue weighted by molar-refractivity contribution is -0.747. The maximum absolute atomic E-state index is 13.2. The molecule has 3 rings (SSSR count). The molecule has 0 aliphatic heterocycles. The Morgan fingerprint density at radius 3 is 2.71 bits per heavy atom. The van der Waals surface area contributed by atoms with Crippen molar-refractivity contribution in [2.45, 2.75) is 20.4 Å². The van der Waals surface area contributed by atoms with Crippen molar-refractivity contribution in [1.29, 1.82) is 0 Å². The fourth-order valence-corrected chi connectivity index (χ4v) is 2.29. The summed E-state index contributed by atoms with van der Waals surface area (Å²) in [7, 11) is 0. The first-order valence-electron chi connectivity index (χ1n) is 7.05. The summed E-state index contributed by atoms with van der Waals surface area (Å²) in [4.78, 5) is 24.4. The number of hydrogen-bond donors (Lipinski definition) is 0. The lowest BCUT2D eigenvalue weighted by Crippen LogP contribution is -3.00. The lowest BCUT2D eigenvalue weighted by Gasteiger charge is -2.01. The molecule has 24 heavy (non-hydrogen) atoms. The zero-order chi connectivity index (χ0) is 16.6. The molecule has 0 amide bonds. The summed E-state index contributed by atoms with van der Waals surface area (Å²) in [5, 5.41) is 4.75. The number of rotatable bonds is 3. The standard InChI is InChI=1S/C17H14FN2O3.BrH/c1-10-3-4-11(2)20(19-10)9-15(21)14-7-12-5-6-13(18)8-16(12)23-17(14)22;/h3-8H,9H2,1-2H3;1H/q+1;/p-1. The Morgan fingerprint density at radius 1 is 1.21 bits per heavy atom. The zero-order valence-corrected chi connectivity index (χ0v) is 14.6. The van der Waals surface area contributed by atoms with Crippen molar-refractivity contribution >= 4 is 16.8 Å². The van der Waals surface area contributed by atoms with E-state index in [1.807, 2.05) is 26.0 Å². The molecule has 0 fully saturated rings. The number of carbonyl (C=O) groups is 1. The van der Waals surface area contributed by atoms with Gasteiger partial charge in [0.05, 0.1) is 0 Å². The van der Waals surface area contributed by atoms with Crippen molar-refractivity contribution in [1.82, 2.24) is 5.10 Å². The van der Waals surface area contributed by atoms with Gasteiger partial charge in [-0.25, -0.2) is 9.18 Å². The third-order valence-corrected chi connectivity index (χ3v) is 3.54. The van der Waals surface area contributed by atoms with Gasteiger partial charge in [0.15, 0.2) is 0 Å². The van der Waals surface area contributed by atoms with Crippen molar-refractivity contribution in [2.24, 2.45) is 0 Å². The molecule has 3 aromatic rings. The Morgan fingerprint density at radius 2 is 1.96 bits per heavy atom. The van der Waals surface area contributed by atoms with Crippen LogP contribution in [0, 0.1) is 19.7 Å². The Hall–Kier alpha value is -2.41. The summed E-state index contributed by atoms with van der Waals surface area (Å²) in [6.45, 7) is 3.58. The van der Waals surface area contributed by atoms with Gasteiger partial charge in [-0.15, -0.1) is 0 Å². The van der Waals surface area contributed by atoms with E-state index in [9.17, 15) is 14.0 Å². The molecular weight excluding hydrogens is 379 g/mol. The molecule has 0 saturated heterocycles. The van der Waals surface area contributed by atoms with E-state index in [2.05, 4.69) is 5.10 Å². The van der Waals surface area contributed by atoms with Crippen LogP contribution in [0.1, 0.15) is 21.7 Å². The van der Waals surface area contributed by atoms with Gasteiger partial charge in [-0.05, 0) is 36.3 Å². The Bertz CT molecular complexity index is 985. The van der Waals surface area contributed by atoms with Gasteiger partial charge < -0.3 is 21.4 Å². The number of ketones is 1. The Kier molecular flexibility index (Phi) is 5.23. The SMILES string of the molecule is Cc1ccc(C)[n+](CC(=O)c2cc3ccc(F)cc3oc2=O)n1.[Br-]. The highest BCUT2D eigenvalue weighted by Gasteiger charge is 2.21. The molecule has 0 saturated carbocycles. The molecule has 2 aromatic heterocycles. The molecule has 124 valence electrons. The predicted molar refractivity (Wildman–Crippen MR) is 80.7 cm³/mol. The average Bonchev–Trinajstić information content (AvgIpc) is 2.50. The molecule has 0 radical (unpaired) electrons. The molecular formula is C17H14BrFN2O3. The second-order valence-electron chi connectivity index (χ2n) is 5.33.